The Morgan fingerprint density at radius 3 is 2.67 bits per heavy atom. The zero-order valence-corrected chi connectivity index (χ0v) is 19.6. The average molecular weight is 473 g/mol. The molecule has 1 aromatic heterocycles. The Labute approximate surface area is 193 Å². The van der Waals surface area contributed by atoms with Crippen molar-refractivity contribution in [1.82, 2.24) is 13.9 Å². The van der Waals surface area contributed by atoms with Gasteiger partial charge in [0, 0.05) is 19.6 Å². The second-order valence-corrected chi connectivity index (χ2v) is 9.71. The molecule has 0 unspecified atom stereocenters. The van der Waals surface area contributed by atoms with E-state index in [1.54, 1.807) is 12.1 Å². The highest BCUT2D eigenvalue weighted by molar-refractivity contribution is 7.89. The van der Waals surface area contributed by atoms with Crippen LogP contribution in [0.25, 0.3) is 11.0 Å². The van der Waals surface area contributed by atoms with Crippen molar-refractivity contribution in [2.24, 2.45) is 0 Å². The monoisotopic (exact) mass is 472 g/mol. The maximum atomic E-state index is 13.2. The van der Waals surface area contributed by atoms with Crippen LogP contribution in [0.1, 0.15) is 18.9 Å². The van der Waals surface area contributed by atoms with E-state index in [4.69, 9.17) is 9.47 Å². The number of benzene rings is 2. The third kappa shape index (κ3) is 4.87. The Balaban J connectivity index is 1.57. The Kier molecular flexibility index (Phi) is 6.96. The number of ether oxygens (including phenoxy) is 2. The molecule has 0 bridgehead atoms. The van der Waals surface area contributed by atoms with E-state index in [2.05, 4.69) is 17.2 Å². The Morgan fingerprint density at radius 1 is 1.18 bits per heavy atom. The van der Waals surface area contributed by atoms with E-state index in [-0.39, 0.29) is 36.1 Å². The van der Waals surface area contributed by atoms with Crippen LogP contribution < -0.4 is 10.1 Å². The third-order valence-electron chi connectivity index (χ3n) is 5.53. The van der Waals surface area contributed by atoms with Gasteiger partial charge >= 0.3 is 0 Å². The minimum Gasteiger partial charge on any atom is -0.495 e. The van der Waals surface area contributed by atoms with E-state index in [1.165, 1.54) is 17.5 Å². The number of aromatic nitrogens is 2. The van der Waals surface area contributed by atoms with Crippen LogP contribution in [0.5, 0.6) is 5.75 Å². The molecule has 0 saturated carbocycles. The van der Waals surface area contributed by atoms with Crippen LogP contribution in [0.2, 0.25) is 0 Å². The van der Waals surface area contributed by atoms with Gasteiger partial charge < -0.3 is 14.0 Å². The highest BCUT2D eigenvalue weighted by atomic mass is 32.2. The Bertz CT molecular complexity index is 1250. The molecular formula is C23H28N4O5S. The molecule has 0 spiro atoms. The number of sulfonamides is 1. The predicted octanol–water partition coefficient (Wildman–Crippen LogP) is 2.66. The molecular weight excluding hydrogens is 444 g/mol. The molecule has 33 heavy (non-hydrogen) atoms. The molecule has 0 atom stereocenters. The number of amides is 1. The molecule has 1 saturated heterocycles. The van der Waals surface area contributed by atoms with Crippen molar-refractivity contribution in [3.05, 3.63) is 48.0 Å². The van der Waals surface area contributed by atoms with Crippen LogP contribution in [0, 0.1) is 0 Å². The first-order valence-corrected chi connectivity index (χ1v) is 12.4. The van der Waals surface area contributed by atoms with Crippen LogP contribution >= 0.6 is 0 Å². The maximum absolute atomic E-state index is 13.2. The summed E-state index contributed by atoms with van der Waals surface area (Å²) in [5.41, 5.74) is 2.33. The van der Waals surface area contributed by atoms with Crippen molar-refractivity contribution in [3.63, 3.8) is 0 Å². The van der Waals surface area contributed by atoms with Crippen molar-refractivity contribution < 1.29 is 22.7 Å². The van der Waals surface area contributed by atoms with Gasteiger partial charge in [-0.3, -0.25) is 10.1 Å². The van der Waals surface area contributed by atoms with Gasteiger partial charge in [0.2, 0.25) is 21.9 Å². The minimum absolute atomic E-state index is 0.00492. The summed E-state index contributed by atoms with van der Waals surface area (Å²) in [6, 6.07) is 12.5. The fourth-order valence-corrected chi connectivity index (χ4v) is 5.55. The first kappa shape index (κ1) is 23.2. The summed E-state index contributed by atoms with van der Waals surface area (Å²) in [5.74, 6) is 0.454. The fraction of sp³-hybridized carbons (Fsp3) is 0.391. The zero-order chi connectivity index (χ0) is 23.4. The summed E-state index contributed by atoms with van der Waals surface area (Å²) in [7, 11) is -2.34. The van der Waals surface area contributed by atoms with E-state index < -0.39 is 10.0 Å². The molecule has 2 heterocycles. The van der Waals surface area contributed by atoms with Crippen molar-refractivity contribution in [1.29, 1.82) is 0 Å². The molecule has 1 fully saturated rings. The van der Waals surface area contributed by atoms with Crippen molar-refractivity contribution in [2.75, 3.05) is 38.7 Å². The predicted molar refractivity (Wildman–Crippen MR) is 125 cm³/mol. The topological polar surface area (TPSA) is 103 Å². The number of aryl methyl sites for hydroxylation is 1. The van der Waals surface area contributed by atoms with Crippen molar-refractivity contribution in [3.8, 4) is 5.75 Å². The summed E-state index contributed by atoms with van der Waals surface area (Å²) < 4.78 is 40.3. The van der Waals surface area contributed by atoms with Gasteiger partial charge in [-0.1, -0.05) is 25.1 Å². The molecule has 3 aromatic rings. The normalized spacial score (nSPS) is 15.0. The lowest BCUT2D eigenvalue weighted by molar-refractivity contribution is -0.115. The van der Waals surface area contributed by atoms with Gasteiger partial charge in [0.05, 0.1) is 37.8 Å². The molecule has 1 amide bonds. The average Bonchev–Trinajstić information content (AvgIpc) is 3.16. The summed E-state index contributed by atoms with van der Waals surface area (Å²) in [6.45, 7) is 4.05. The summed E-state index contributed by atoms with van der Waals surface area (Å²) in [5, 5.41) is 2.89. The maximum Gasteiger partial charge on any atom is 0.246 e. The number of carbonyl (C=O) groups is 1. The number of para-hydroxylation sites is 2. The van der Waals surface area contributed by atoms with Gasteiger partial charge in [0.25, 0.3) is 0 Å². The van der Waals surface area contributed by atoms with Crippen LogP contribution in [0.15, 0.2) is 47.4 Å². The van der Waals surface area contributed by atoms with E-state index in [0.717, 1.165) is 24.0 Å². The number of nitrogens with one attached hydrogen (secondary N) is 1. The third-order valence-corrected chi connectivity index (χ3v) is 7.45. The van der Waals surface area contributed by atoms with Crippen LogP contribution in [0.3, 0.4) is 0 Å². The number of carbonyl (C=O) groups excluding carboxylic acids is 1. The molecule has 4 rings (SSSR count). The first-order valence-electron chi connectivity index (χ1n) is 10.9. The van der Waals surface area contributed by atoms with Crippen molar-refractivity contribution >= 4 is 32.9 Å². The molecule has 1 aliphatic rings. The van der Waals surface area contributed by atoms with Crippen LogP contribution in [-0.2, 0) is 32.5 Å². The van der Waals surface area contributed by atoms with Crippen molar-refractivity contribution in [2.45, 2.75) is 31.2 Å². The van der Waals surface area contributed by atoms with Gasteiger partial charge in [0.1, 0.15) is 10.6 Å². The summed E-state index contributed by atoms with van der Waals surface area (Å²) in [6.07, 6.45) is 0.898. The van der Waals surface area contributed by atoms with E-state index in [1.807, 2.05) is 28.8 Å². The van der Waals surface area contributed by atoms with Gasteiger partial charge in [-0.15, -0.1) is 0 Å². The molecule has 1 N–H and O–H groups in total. The standard InChI is InChI=1S/C23H28N4O5S/c1-3-10-27-19-7-5-4-6-18(19)24-23(27)25-22(28)16-17-8-9-20(31-2)21(15-17)33(29,30)26-11-13-32-14-12-26/h4-9,15H,3,10-14,16H2,1-2H3,(H,24,25,28). The summed E-state index contributed by atoms with van der Waals surface area (Å²) >= 11 is 0. The fourth-order valence-electron chi connectivity index (χ4n) is 3.93. The molecule has 0 aliphatic carbocycles. The number of hydrogen-bond donors (Lipinski definition) is 1. The first-order chi connectivity index (χ1) is 15.9. The molecule has 176 valence electrons. The minimum atomic E-state index is -3.77. The Hall–Kier alpha value is -2.95. The second kappa shape index (κ2) is 9.90. The quantitative estimate of drug-likeness (QED) is 0.541. The largest absolute Gasteiger partial charge is 0.495 e. The number of anilines is 1. The lowest BCUT2D eigenvalue weighted by atomic mass is 10.1. The van der Waals surface area contributed by atoms with Gasteiger partial charge in [-0.25, -0.2) is 13.4 Å². The van der Waals surface area contributed by atoms with E-state index in [9.17, 15) is 13.2 Å². The van der Waals surface area contributed by atoms with E-state index in [0.29, 0.717) is 24.7 Å². The Morgan fingerprint density at radius 2 is 1.94 bits per heavy atom. The summed E-state index contributed by atoms with van der Waals surface area (Å²) in [4.78, 5) is 17.5. The second-order valence-electron chi connectivity index (χ2n) is 7.80. The van der Waals surface area contributed by atoms with E-state index >= 15 is 0 Å². The molecule has 10 heteroatoms. The number of rotatable bonds is 8. The molecule has 2 aromatic carbocycles. The lowest BCUT2D eigenvalue weighted by Crippen LogP contribution is -2.40. The smallest absolute Gasteiger partial charge is 0.246 e. The van der Waals surface area contributed by atoms with Crippen LogP contribution in [-0.4, -0.2) is 61.6 Å². The number of hydrogen-bond acceptors (Lipinski definition) is 6. The lowest BCUT2D eigenvalue weighted by Gasteiger charge is -2.26. The van der Waals surface area contributed by atoms with Gasteiger partial charge in [-0.05, 0) is 36.2 Å². The van der Waals surface area contributed by atoms with Gasteiger partial charge in [-0.2, -0.15) is 4.31 Å². The SMILES string of the molecule is CCCn1c(NC(=O)Cc2ccc(OC)c(S(=O)(=O)N3CCOCC3)c2)nc2ccccc21. The number of imidazole rings is 1. The number of morpholine rings is 1. The number of nitrogens with zero attached hydrogens (tertiary/aromatic N) is 3. The van der Waals surface area contributed by atoms with Gasteiger partial charge in [0.15, 0.2) is 0 Å². The molecule has 1 aliphatic heterocycles. The molecule has 9 nitrogen and oxygen atoms in total. The van der Waals surface area contributed by atoms with Crippen LogP contribution in [0.4, 0.5) is 5.95 Å². The molecule has 0 radical (unpaired) electrons. The highest BCUT2D eigenvalue weighted by Gasteiger charge is 2.29. The number of methoxy groups -OCH3 is 1. The highest BCUT2D eigenvalue weighted by Crippen LogP contribution is 2.29. The zero-order valence-electron chi connectivity index (χ0n) is 18.8. The number of fused-ring (bicyclic) bond motifs is 1.